The Labute approximate surface area is 90.1 Å². The maximum Gasteiger partial charge on any atom is 0.0482 e. The van der Waals surface area contributed by atoms with Gasteiger partial charge in [0.25, 0.3) is 0 Å². The number of hydrogen-bond donors (Lipinski definition) is 1. The standard InChI is InChI=1S/C12H15NS/c1-9-10(7-8-14)11-5-3-4-6-12(11)13(9)2/h3-6,14H,7-8H2,1-2H3. The summed E-state index contributed by atoms with van der Waals surface area (Å²) in [6, 6.07) is 8.56. The summed E-state index contributed by atoms with van der Waals surface area (Å²) in [6.07, 6.45) is 1.05. The summed E-state index contributed by atoms with van der Waals surface area (Å²) >= 11 is 4.30. The Morgan fingerprint density at radius 2 is 2.00 bits per heavy atom. The summed E-state index contributed by atoms with van der Waals surface area (Å²) in [5.41, 5.74) is 4.13. The molecule has 1 aromatic carbocycles. The molecule has 0 atom stereocenters. The predicted octanol–water partition coefficient (Wildman–Crippen LogP) is 2.96. The third-order valence-electron chi connectivity index (χ3n) is 2.89. The highest BCUT2D eigenvalue weighted by Gasteiger charge is 2.09. The fraction of sp³-hybridized carbons (Fsp3) is 0.333. The topological polar surface area (TPSA) is 4.93 Å². The second-order valence-electron chi connectivity index (χ2n) is 3.61. The van der Waals surface area contributed by atoms with Crippen LogP contribution >= 0.6 is 12.6 Å². The smallest absolute Gasteiger partial charge is 0.0482 e. The first-order valence-electron chi connectivity index (χ1n) is 4.89. The van der Waals surface area contributed by atoms with E-state index in [1.807, 2.05) is 0 Å². The van der Waals surface area contributed by atoms with E-state index >= 15 is 0 Å². The molecule has 74 valence electrons. The summed E-state index contributed by atoms with van der Waals surface area (Å²) in [5.74, 6) is 0.912. The van der Waals surface area contributed by atoms with Gasteiger partial charge in [0, 0.05) is 23.6 Å². The van der Waals surface area contributed by atoms with Crippen molar-refractivity contribution in [3.8, 4) is 0 Å². The van der Waals surface area contributed by atoms with Crippen LogP contribution in [0.1, 0.15) is 11.3 Å². The Morgan fingerprint density at radius 1 is 1.29 bits per heavy atom. The molecule has 1 heterocycles. The lowest BCUT2D eigenvalue weighted by Crippen LogP contribution is -1.93. The first-order valence-corrected chi connectivity index (χ1v) is 5.52. The molecule has 0 saturated carbocycles. The second kappa shape index (κ2) is 3.70. The largest absolute Gasteiger partial charge is 0.348 e. The van der Waals surface area contributed by atoms with Crippen molar-refractivity contribution in [2.45, 2.75) is 13.3 Å². The Hall–Kier alpha value is -0.890. The van der Waals surface area contributed by atoms with Crippen molar-refractivity contribution < 1.29 is 0 Å². The summed E-state index contributed by atoms with van der Waals surface area (Å²) in [7, 11) is 2.12. The summed E-state index contributed by atoms with van der Waals surface area (Å²) in [4.78, 5) is 0. The predicted molar refractivity (Wildman–Crippen MR) is 65.2 cm³/mol. The number of fused-ring (bicyclic) bond motifs is 1. The van der Waals surface area contributed by atoms with Crippen molar-refractivity contribution in [1.29, 1.82) is 0 Å². The van der Waals surface area contributed by atoms with E-state index in [1.54, 1.807) is 0 Å². The molecule has 1 nitrogen and oxygen atoms in total. The summed E-state index contributed by atoms with van der Waals surface area (Å²) in [6.45, 7) is 2.18. The fourth-order valence-electron chi connectivity index (χ4n) is 2.03. The lowest BCUT2D eigenvalue weighted by Gasteiger charge is -1.99. The molecule has 2 heteroatoms. The van der Waals surface area contributed by atoms with E-state index in [9.17, 15) is 0 Å². The van der Waals surface area contributed by atoms with Crippen LogP contribution in [0.5, 0.6) is 0 Å². The minimum Gasteiger partial charge on any atom is -0.348 e. The molecule has 0 aliphatic carbocycles. The first kappa shape index (κ1) is 9.66. The highest BCUT2D eigenvalue weighted by atomic mass is 32.1. The number of nitrogens with zero attached hydrogens (tertiary/aromatic N) is 1. The molecular weight excluding hydrogens is 190 g/mol. The molecule has 14 heavy (non-hydrogen) atoms. The van der Waals surface area contributed by atoms with Crippen molar-refractivity contribution in [2.75, 3.05) is 5.75 Å². The van der Waals surface area contributed by atoms with Gasteiger partial charge in [0.2, 0.25) is 0 Å². The molecule has 0 fully saturated rings. The van der Waals surface area contributed by atoms with Crippen molar-refractivity contribution in [3.05, 3.63) is 35.5 Å². The Balaban J connectivity index is 2.74. The van der Waals surface area contributed by atoms with Crippen molar-refractivity contribution in [1.82, 2.24) is 4.57 Å². The van der Waals surface area contributed by atoms with Gasteiger partial charge in [-0.15, -0.1) is 0 Å². The zero-order valence-corrected chi connectivity index (χ0v) is 9.51. The highest BCUT2D eigenvalue weighted by Crippen LogP contribution is 2.25. The van der Waals surface area contributed by atoms with Crippen LogP contribution in [0.15, 0.2) is 24.3 Å². The summed E-state index contributed by atoms with van der Waals surface area (Å²) in [5, 5.41) is 1.38. The van der Waals surface area contributed by atoms with Gasteiger partial charge in [0.15, 0.2) is 0 Å². The van der Waals surface area contributed by atoms with Crippen LogP contribution < -0.4 is 0 Å². The van der Waals surface area contributed by atoms with Gasteiger partial charge >= 0.3 is 0 Å². The van der Waals surface area contributed by atoms with E-state index in [2.05, 4.69) is 55.4 Å². The number of hydrogen-bond acceptors (Lipinski definition) is 1. The van der Waals surface area contributed by atoms with E-state index in [0.29, 0.717) is 0 Å². The van der Waals surface area contributed by atoms with Crippen molar-refractivity contribution in [2.24, 2.45) is 7.05 Å². The molecule has 0 N–H and O–H groups in total. The number of thiol groups is 1. The molecular formula is C12H15NS. The van der Waals surface area contributed by atoms with Gasteiger partial charge in [0.05, 0.1) is 0 Å². The molecule has 2 rings (SSSR count). The van der Waals surface area contributed by atoms with Gasteiger partial charge < -0.3 is 4.57 Å². The van der Waals surface area contributed by atoms with Gasteiger partial charge in [-0.2, -0.15) is 12.6 Å². The number of aromatic nitrogens is 1. The molecule has 0 aliphatic rings. The number of aryl methyl sites for hydroxylation is 2. The van der Waals surface area contributed by atoms with E-state index < -0.39 is 0 Å². The molecule has 0 aliphatic heterocycles. The van der Waals surface area contributed by atoms with Gasteiger partial charge in [-0.3, -0.25) is 0 Å². The zero-order valence-electron chi connectivity index (χ0n) is 8.62. The average molecular weight is 205 g/mol. The van der Waals surface area contributed by atoms with Crippen LogP contribution in [-0.2, 0) is 13.5 Å². The quantitative estimate of drug-likeness (QED) is 0.719. The number of benzene rings is 1. The molecule has 0 bridgehead atoms. The molecule has 0 unspecified atom stereocenters. The van der Waals surface area contributed by atoms with Crippen molar-refractivity contribution >= 4 is 23.5 Å². The maximum atomic E-state index is 4.30. The second-order valence-corrected chi connectivity index (χ2v) is 4.06. The van der Waals surface area contributed by atoms with Crippen molar-refractivity contribution in [3.63, 3.8) is 0 Å². The average Bonchev–Trinajstić information content (AvgIpc) is 2.45. The third kappa shape index (κ3) is 1.34. The van der Waals surface area contributed by atoms with E-state index in [0.717, 1.165) is 12.2 Å². The lowest BCUT2D eigenvalue weighted by molar-refractivity contribution is 0.901. The molecule has 0 saturated heterocycles. The lowest BCUT2D eigenvalue weighted by atomic mass is 10.1. The molecule has 0 amide bonds. The Morgan fingerprint density at radius 3 is 2.71 bits per heavy atom. The van der Waals surface area contributed by atoms with Crippen LogP contribution in [0.3, 0.4) is 0 Å². The molecule has 0 radical (unpaired) electrons. The van der Waals surface area contributed by atoms with E-state index in [1.165, 1.54) is 22.2 Å². The SMILES string of the molecule is Cc1c(CCS)c2ccccc2n1C. The van der Waals surface area contributed by atoms with Gasteiger partial charge in [-0.05, 0) is 30.7 Å². The van der Waals surface area contributed by atoms with Crippen LogP contribution in [-0.4, -0.2) is 10.3 Å². The van der Waals surface area contributed by atoms with Crippen LogP contribution in [0.2, 0.25) is 0 Å². The van der Waals surface area contributed by atoms with E-state index in [4.69, 9.17) is 0 Å². The normalized spacial score (nSPS) is 11.1. The van der Waals surface area contributed by atoms with E-state index in [-0.39, 0.29) is 0 Å². The minimum absolute atomic E-state index is 0.912. The first-order chi connectivity index (χ1) is 6.75. The highest BCUT2D eigenvalue weighted by molar-refractivity contribution is 7.80. The van der Waals surface area contributed by atoms with Crippen LogP contribution in [0.4, 0.5) is 0 Å². The van der Waals surface area contributed by atoms with Gasteiger partial charge in [0.1, 0.15) is 0 Å². The fourth-order valence-corrected chi connectivity index (χ4v) is 2.25. The maximum absolute atomic E-state index is 4.30. The zero-order chi connectivity index (χ0) is 10.1. The van der Waals surface area contributed by atoms with Gasteiger partial charge in [-0.1, -0.05) is 18.2 Å². The Kier molecular flexibility index (Phi) is 2.55. The van der Waals surface area contributed by atoms with Crippen LogP contribution in [0, 0.1) is 6.92 Å². The molecule has 1 aromatic heterocycles. The number of para-hydroxylation sites is 1. The monoisotopic (exact) mass is 205 g/mol. The van der Waals surface area contributed by atoms with Crippen LogP contribution in [0.25, 0.3) is 10.9 Å². The molecule has 0 spiro atoms. The minimum atomic E-state index is 0.912. The Bertz CT molecular complexity index is 457. The number of rotatable bonds is 2. The third-order valence-corrected chi connectivity index (χ3v) is 3.12. The van der Waals surface area contributed by atoms with Gasteiger partial charge in [-0.25, -0.2) is 0 Å². The molecule has 2 aromatic rings. The summed E-state index contributed by atoms with van der Waals surface area (Å²) < 4.78 is 2.26.